The van der Waals surface area contributed by atoms with Crippen LogP contribution in [0.4, 0.5) is 0 Å². The number of imidazole rings is 1. The number of rotatable bonds is 5. The summed E-state index contributed by atoms with van der Waals surface area (Å²) in [6, 6.07) is 8.36. The highest BCUT2D eigenvalue weighted by molar-refractivity contribution is 5.81. The van der Waals surface area contributed by atoms with Gasteiger partial charge in [0.1, 0.15) is 12.4 Å². The quantitative estimate of drug-likeness (QED) is 0.914. The summed E-state index contributed by atoms with van der Waals surface area (Å²) < 4.78 is 2.07. The van der Waals surface area contributed by atoms with Gasteiger partial charge in [-0.25, -0.2) is 4.98 Å². The Morgan fingerprint density at radius 1 is 1.33 bits per heavy atom. The molecule has 0 unspecified atom stereocenters. The van der Waals surface area contributed by atoms with Crippen LogP contribution in [0.2, 0.25) is 0 Å². The molecule has 1 aromatic heterocycles. The Bertz CT molecular complexity index is 750. The third kappa shape index (κ3) is 2.72. The van der Waals surface area contributed by atoms with Gasteiger partial charge < -0.3 is 9.88 Å². The van der Waals surface area contributed by atoms with Crippen LogP contribution in [-0.2, 0) is 17.8 Å². The fourth-order valence-electron chi connectivity index (χ4n) is 5.03. The average molecular weight is 325 g/mol. The van der Waals surface area contributed by atoms with Crippen molar-refractivity contribution in [1.29, 1.82) is 0 Å². The van der Waals surface area contributed by atoms with Crippen molar-refractivity contribution in [2.24, 2.45) is 17.8 Å². The summed E-state index contributed by atoms with van der Waals surface area (Å²) in [4.78, 5) is 17.3. The number of nitrogens with zero attached hydrogens (tertiary/aromatic N) is 2. The van der Waals surface area contributed by atoms with Gasteiger partial charge in [0, 0.05) is 12.5 Å². The van der Waals surface area contributed by atoms with Gasteiger partial charge in [0.15, 0.2) is 0 Å². The fourth-order valence-corrected chi connectivity index (χ4v) is 5.03. The Kier molecular flexibility index (Phi) is 4.07. The van der Waals surface area contributed by atoms with Crippen molar-refractivity contribution in [3.63, 3.8) is 0 Å². The van der Waals surface area contributed by atoms with Crippen LogP contribution in [0.15, 0.2) is 24.3 Å². The molecule has 4 nitrogen and oxygen atoms in total. The summed E-state index contributed by atoms with van der Waals surface area (Å²) >= 11 is 0. The molecule has 2 aliphatic rings. The van der Waals surface area contributed by atoms with Gasteiger partial charge in [0.05, 0.1) is 11.0 Å². The maximum absolute atomic E-state index is 12.6. The van der Waals surface area contributed by atoms with E-state index in [4.69, 9.17) is 0 Å². The number of aromatic nitrogens is 2. The molecule has 1 N–H and O–H groups in total. The van der Waals surface area contributed by atoms with Crippen LogP contribution in [0, 0.1) is 17.8 Å². The van der Waals surface area contributed by atoms with E-state index in [1.54, 1.807) is 0 Å². The van der Waals surface area contributed by atoms with Crippen molar-refractivity contribution in [3.8, 4) is 0 Å². The van der Waals surface area contributed by atoms with Gasteiger partial charge in [0.2, 0.25) is 5.91 Å². The molecule has 1 heterocycles. The number of carbonyl (C=O) groups is 1. The first-order chi connectivity index (χ1) is 11.7. The minimum absolute atomic E-state index is 0.114. The van der Waals surface area contributed by atoms with Crippen LogP contribution < -0.4 is 5.32 Å². The molecule has 2 saturated carbocycles. The number of fused-ring (bicyclic) bond motifs is 3. The number of hydrogen-bond donors (Lipinski definition) is 1. The highest BCUT2D eigenvalue weighted by atomic mass is 16.2. The molecule has 1 amide bonds. The van der Waals surface area contributed by atoms with E-state index in [2.05, 4.69) is 28.7 Å². The number of hydrogen-bond acceptors (Lipinski definition) is 2. The number of carbonyl (C=O) groups excluding carboxylic acids is 1. The first-order valence-electron chi connectivity index (χ1n) is 9.39. The molecular formula is C20H27N3O. The van der Waals surface area contributed by atoms with Gasteiger partial charge >= 0.3 is 0 Å². The third-order valence-electron chi connectivity index (χ3n) is 6.18. The van der Waals surface area contributed by atoms with E-state index in [1.807, 2.05) is 24.3 Å². The van der Waals surface area contributed by atoms with Crippen LogP contribution in [0.5, 0.6) is 0 Å². The molecule has 0 radical (unpaired) electrons. The third-order valence-corrected chi connectivity index (χ3v) is 6.18. The summed E-state index contributed by atoms with van der Waals surface area (Å²) in [7, 11) is 0. The van der Waals surface area contributed by atoms with Crippen LogP contribution in [0.25, 0.3) is 11.0 Å². The Labute approximate surface area is 143 Å². The molecule has 128 valence electrons. The second kappa shape index (κ2) is 6.23. The zero-order valence-corrected chi connectivity index (χ0v) is 14.7. The highest BCUT2D eigenvalue weighted by Crippen LogP contribution is 2.49. The molecule has 2 fully saturated rings. The van der Waals surface area contributed by atoms with E-state index in [-0.39, 0.29) is 11.9 Å². The molecular weight excluding hydrogens is 298 g/mol. The number of benzene rings is 1. The lowest BCUT2D eigenvalue weighted by Crippen LogP contribution is -2.41. The Hall–Kier alpha value is -1.84. The maximum atomic E-state index is 12.6. The Morgan fingerprint density at radius 3 is 2.88 bits per heavy atom. The van der Waals surface area contributed by atoms with E-state index in [0.717, 1.165) is 35.1 Å². The molecule has 0 spiro atoms. The van der Waals surface area contributed by atoms with E-state index in [0.29, 0.717) is 12.5 Å². The second-order valence-electron chi connectivity index (χ2n) is 7.65. The van der Waals surface area contributed by atoms with Gasteiger partial charge in [-0.2, -0.15) is 0 Å². The van der Waals surface area contributed by atoms with E-state index >= 15 is 0 Å². The zero-order valence-electron chi connectivity index (χ0n) is 14.7. The van der Waals surface area contributed by atoms with Crippen molar-refractivity contribution in [2.75, 3.05) is 0 Å². The SMILES string of the molecule is CCc1nc2ccccc2n1CC(=O)N[C@H](C)[C@@H]1C[C@H]2CC[C@H]1C2. The molecule has 4 atom stereocenters. The van der Waals surface area contributed by atoms with Crippen LogP contribution in [0.3, 0.4) is 0 Å². The molecule has 4 heteroatoms. The van der Waals surface area contributed by atoms with Gasteiger partial charge in [0.25, 0.3) is 0 Å². The monoisotopic (exact) mass is 325 g/mol. The summed E-state index contributed by atoms with van der Waals surface area (Å²) in [5, 5.41) is 3.27. The lowest BCUT2D eigenvalue weighted by molar-refractivity contribution is -0.122. The van der Waals surface area contributed by atoms with Crippen molar-refractivity contribution >= 4 is 16.9 Å². The number of aryl methyl sites for hydroxylation is 1. The van der Waals surface area contributed by atoms with E-state index in [9.17, 15) is 4.79 Å². The van der Waals surface area contributed by atoms with Crippen molar-refractivity contribution < 1.29 is 4.79 Å². The lowest BCUT2D eigenvalue weighted by atomic mass is 9.84. The van der Waals surface area contributed by atoms with Crippen LogP contribution in [-0.4, -0.2) is 21.5 Å². The topological polar surface area (TPSA) is 46.9 Å². The van der Waals surface area contributed by atoms with E-state index in [1.165, 1.54) is 25.7 Å². The summed E-state index contributed by atoms with van der Waals surface area (Å²) in [5.74, 6) is 3.54. The molecule has 0 aliphatic heterocycles. The minimum atomic E-state index is 0.114. The number of para-hydroxylation sites is 2. The number of amides is 1. The Balaban J connectivity index is 1.46. The van der Waals surface area contributed by atoms with Gasteiger partial charge in [-0.3, -0.25) is 4.79 Å². The van der Waals surface area contributed by atoms with Gasteiger partial charge in [-0.15, -0.1) is 0 Å². The summed E-state index contributed by atoms with van der Waals surface area (Å²) in [6.07, 6.45) is 6.30. The van der Waals surface area contributed by atoms with Crippen LogP contribution in [0.1, 0.15) is 45.4 Å². The van der Waals surface area contributed by atoms with Crippen molar-refractivity contribution in [3.05, 3.63) is 30.1 Å². The molecule has 4 rings (SSSR count). The average Bonchev–Trinajstić information content (AvgIpc) is 3.29. The Morgan fingerprint density at radius 2 is 2.17 bits per heavy atom. The molecule has 2 bridgehead atoms. The molecule has 1 aromatic carbocycles. The lowest BCUT2D eigenvalue weighted by Gasteiger charge is -2.28. The molecule has 24 heavy (non-hydrogen) atoms. The fraction of sp³-hybridized carbons (Fsp3) is 0.600. The molecule has 2 aromatic rings. The maximum Gasteiger partial charge on any atom is 0.240 e. The highest BCUT2D eigenvalue weighted by Gasteiger charge is 2.42. The number of nitrogens with one attached hydrogen (secondary N) is 1. The molecule has 2 aliphatic carbocycles. The zero-order chi connectivity index (χ0) is 16.7. The standard InChI is InChI=1S/C20H27N3O/c1-3-19-22-17-6-4-5-7-18(17)23(19)12-20(24)21-13(2)16-11-14-8-9-15(16)10-14/h4-7,13-16H,3,8-12H2,1-2H3,(H,21,24)/t13-,14+,15+,16+/m1/s1. The van der Waals surface area contributed by atoms with Crippen molar-refractivity contribution in [2.45, 2.75) is 58.5 Å². The van der Waals surface area contributed by atoms with Gasteiger partial charge in [-0.05, 0) is 56.1 Å². The molecule has 0 saturated heterocycles. The predicted octanol–water partition coefficient (Wildman–Crippen LogP) is 3.54. The second-order valence-corrected chi connectivity index (χ2v) is 7.65. The summed E-state index contributed by atoms with van der Waals surface area (Å²) in [5.41, 5.74) is 2.03. The first kappa shape index (κ1) is 15.7. The summed E-state index contributed by atoms with van der Waals surface area (Å²) in [6.45, 7) is 4.65. The van der Waals surface area contributed by atoms with E-state index < -0.39 is 0 Å². The minimum Gasteiger partial charge on any atom is -0.352 e. The first-order valence-corrected chi connectivity index (χ1v) is 9.39. The largest absolute Gasteiger partial charge is 0.352 e. The van der Waals surface area contributed by atoms with Gasteiger partial charge in [-0.1, -0.05) is 25.5 Å². The predicted molar refractivity (Wildman–Crippen MR) is 95.7 cm³/mol. The van der Waals surface area contributed by atoms with Crippen LogP contribution >= 0.6 is 0 Å². The van der Waals surface area contributed by atoms with Crippen molar-refractivity contribution in [1.82, 2.24) is 14.9 Å². The normalized spacial score (nSPS) is 26.8. The smallest absolute Gasteiger partial charge is 0.240 e.